The van der Waals surface area contributed by atoms with Gasteiger partial charge in [-0.05, 0) is 24.7 Å². The van der Waals surface area contributed by atoms with E-state index in [9.17, 15) is 19.2 Å². The van der Waals surface area contributed by atoms with Gasteiger partial charge < -0.3 is 0 Å². The molecule has 0 N–H and O–H groups in total. The molecule has 0 aliphatic rings. The molecular formula is C20H34O6. The molecule has 0 aromatic carbocycles. The number of hydrogen-bond donors (Lipinski definition) is 0. The monoisotopic (exact) mass is 370 g/mol. The minimum absolute atomic E-state index is 0.0114. The van der Waals surface area contributed by atoms with E-state index in [2.05, 4.69) is 9.78 Å². The van der Waals surface area contributed by atoms with Crippen molar-refractivity contribution in [2.24, 2.45) is 23.7 Å². The molecule has 0 aromatic rings. The van der Waals surface area contributed by atoms with Gasteiger partial charge in [0, 0.05) is 24.7 Å². The Bertz CT molecular complexity index is 441. The van der Waals surface area contributed by atoms with E-state index in [0.717, 1.165) is 12.8 Å². The zero-order chi connectivity index (χ0) is 20.3. The van der Waals surface area contributed by atoms with Crippen LogP contribution in [0.3, 0.4) is 0 Å². The molecular weight excluding hydrogens is 336 g/mol. The Morgan fingerprint density at radius 2 is 0.923 bits per heavy atom. The van der Waals surface area contributed by atoms with Gasteiger partial charge in [-0.3, -0.25) is 9.59 Å². The largest absolute Gasteiger partial charge is 0.355 e. The molecule has 4 unspecified atom stereocenters. The fourth-order valence-electron chi connectivity index (χ4n) is 2.42. The summed E-state index contributed by atoms with van der Waals surface area (Å²) in [6, 6.07) is 0. The average Bonchev–Trinajstić information content (AvgIpc) is 2.57. The first-order valence-corrected chi connectivity index (χ1v) is 9.56. The van der Waals surface area contributed by atoms with Crippen molar-refractivity contribution in [2.75, 3.05) is 0 Å². The first-order valence-electron chi connectivity index (χ1n) is 9.56. The summed E-state index contributed by atoms with van der Waals surface area (Å²) >= 11 is 0. The molecule has 6 heteroatoms. The van der Waals surface area contributed by atoms with Gasteiger partial charge in [0.15, 0.2) is 0 Å². The third-order valence-corrected chi connectivity index (χ3v) is 4.68. The number of carbonyl (C=O) groups is 4. The molecule has 26 heavy (non-hydrogen) atoms. The normalized spacial score (nSPS) is 15.5. The lowest BCUT2D eigenvalue weighted by molar-refractivity contribution is -0.260. The van der Waals surface area contributed by atoms with Crippen molar-refractivity contribution in [1.82, 2.24) is 0 Å². The quantitative estimate of drug-likeness (QED) is 0.380. The van der Waals surface area contributed by atoms with E-state index in [1.165, 1.54) is 0 Å². The summed E-state index contributed by atoms with van der Waals surface area (Å²) in [6.45, 7) is 11.2. The van der Waals surface area contributed by atoms with Crippen LogP contribution in [0.1, 0.15) is 80.1 Å². The predicted octanol–water partition coefficient (Wildman–Crippen LogP) is 4.05. The van der Waals surface area contributed by atoms with Gasteiger partial charge in [0.25, 0.3) is 0 Å². The molecule has 6 nitrogen and oxygen atoms in total. The molecule has 0 aromatic heterocycles. The minimum Gasteiger partial charge on any atom is -0.299 e. The topological polar surface area (TPSA) is 86.7 Å². The molecule has 0 amide bonds. The third kappa shape index (κ3) is 10.3. The Kier molecular flexibility index (Phi) is 11.8. The molecule has 0 aliphatic heterocycles. The summed E-state index contributed by atoms with van der Waals surface area (Å²) < 4.78 is 0. The minimum atomic E-state index is -0.675. The summed E-state index contributed by atoms with van der Waals surface area (Å²) in [6.07, 6.45) is 2.16. The van der Waals surface area contributed by atoms with E-state index in [0.29, 0.717) is 12.8 Å². The highest BCUT2D eigenvalue weighted by Gasteiger charge is 2.21. The summed E-state index contributed by atoms with van der Waals surface area (Å²) in [5, 5.41) is 0. The van der Waals surface area contributed by atoms with E-state index in [1.807, 2.05) is 27.7 Å². The third-order valence-electron chi connectivity index (χ3n) is 4.68. The van der Waals surface area contributed by atoms with Crippen LogP contribution in [-0.2, 0) is 29.0 Å². The summed E-state index contributed by atoms with van der Waals surface area (Å²) in [5.74, 6) is -1.51. The van der Waals surface area contributed by atoms with Crippen LogP contribution < -0.4 is 0 Å². The van der Waals surface area contributed by atoms with Crippen molar-refractivity contribution in [2.45, 2.75) is 80.1 Å². The van der Waals surface area contributed by atoms with E-state index in [4.69, 9.17) is 0 Å². The summed E-state index contributed by atoms with van der Waals surface area (Å²) in [7, 11) is 0. The lowest BCUT2D eigenvalue weighted by Gasteiger charge is -2.13. The van der Waals surface area contributed by atoms with Crippen molar-refractivity contribution in [1.29, 1.82) is 0 Å². The van der Waals surface area contributed by atoms with E-state index in [1.54, 1.807) is 13.8 Å². The zero-order valence-corrected chi connectivity index (χ0v) is 17.0. The van der Waals surface area contributed by atoms with Crippen molar-refractivity contribution in [3.05, 3.63) is 0 Å². The smallest absolute Gasteiger partial charge is 0.299 e. The van der Waals surface area contributed by atoms with E-state index < -0.39 is 11.9 Å². The van der Waals surface area contributed by atoms with Gasteiger partial charge in [0.2, 0.25) is 0 Å². The summed E-state index contributed by atoms with van der Waals surface area (Å²) in [4.78, 5) is 56.2. The zero-order valence-electron chi connectivity index (χ0n) is 17.0. The Labute approximate surface area is 156 Å². The molecule has 0 rings (SSSR count). The van der Waals surface area contributed by atoms with Crippen molar-refractivity contribution < 1.29 is 29.0 Å². The van der Waals surface area contributed by atoms with Crippen molar-refractivity contribution in [3.8, 4) is 0 Å². The fraction of sp³-hybridized carbons (Fsp3) is 0.800. The maximum atomic E-state index is 11.8. The first-order chi connectivity index (χ1) is 12.1. The fourth-order valence-corrected chi connectivity index (χ4v) is 2.42. The Hall–Kier alpha value is -1.72. The lowest BCUT2D eigenvalue weighted by atomic mass is 9.93. The number of Topliss-reactive ketones (excluding diaryl/α,β-unsaturated/α-hetero) is 2. The van der Waals surface area contributed by atoms with E-state index in [-0.39, 0.29) is 48.1 Å². The number of carbonyl (C=O) groups excluding carboxylic acids is 4. The van der Waals surface area contributed by atoms with Gasteiger partial charge in [-0.25, -0.2) is 19.4 Å². The molecule has 0 saturated heterocycles. The molecule has 150 valence electrons. The first kappa shape index (κ1) is 24.3. The van der Waals surface area contributed by atoms with Gasteiger partial charge in [-0.15, -0.1) is 0 Å². The maximum absolute atomic E-state index is 11.8. The molecule has 0 heterocycles. The highest BCUT2D eigenvalue weighted by molar-refractivity contribution is 5.82. The Morgan fingerprint density at radius 3 is 1.19 bits per heavy atom. The van der Waals surface area contributed by atoms with Crippen LogP contribution in [0.25, 0.3) is 0 Å². The van der Waals surface area contributed by atoms with Gasteiger partial charge in [-0.2, -0.15) is 0 Å². The van der Waals surface area contributed by atoms with Crippen LogP contribution in [0.15, 0.2) is 0 Å². The van der Waals surface area contributed by atoms with Crippen LogP contribution in [0.4, 0.5) is 0 Å². The van der Waals surface area contributed by atoms with Crippen LogP contribution in [0, 0.1) is 23.7 Å². The van der Waals surface area contributed by atoms with Gasteiger partial charge >= 0.3 is 11.9 Å². The molecule has 0 bridgehead atoms. The average molecular weight is 370 g/mol. The Morgan fingerprint density at radius 1 is 0.615 bits per heavy atom. The molecule has 0 radical (unpaired) electrons. The second kappa shape index (κ2) is 12.6. The van der Waals surface area contributed by atoms with Crippen molar-refractivity contribution in [3.63, 3.8) is 0 Å². The number of ketones is 2. The maximum Gasteiger partial charge on any atom is 0.355 e. The standard InChI is InChI=1S/C20H34O6/c1-7-15(5)17(21)9-13(3)11-19(23)25-26-20(24)12-14(4)10-18(22)16(6)8-2/h13-16H,7-12H2,1-6H3. The molecule has 0 saturated carbocycles. The second-order valence-corrected chi connectivity index (χ2v) is 7.49. The highest BCUT2D eigenvalue weighted by atomic mass is 17.2. The highest BCUT2D eigenvalue weighted by Crippen LogP contribution is 2.16. The predicted molar refractivity (Wildman–Crippen MR) is 97.9 cm³/mol. The van der Waals surface area contributed by atoms with Crippen LogP contribution >= 0.6 is 0 Å². The molecule has 0 aliphatic carbocycles. The summed E-state index contributed by atoms with van der Waals surface area (Å²) in [5.41, 5.74) is 0. The second-order valence-electron chi connectivity index (χ2n) is 7.49. The van der Waals surface area contributed by atoms with Crippen LogP contribution in [-0.4, -0.2) is 23.5 Å². The van der Waals surface area contributed by atoms with Crippen LogP contribution in [0.5, 0.6) is 0 Å². The SMILES string of the molecule is CCC(C)C(=O)CC(C)CC(=O)OOC(=O)CC(C)CC(=O)C(C)CC. The van der Waals surface area contributed by atoms with E-state index >= 15 is 0 Å². The van der Waals surface area contributed by atoms with Gasteiger partial charge in [-0.1, -0.05) is 41.5 Å². The molecule has 4 atom stereocenters. The number of rotatable bonds is 12. The molecule has 0 fully saturated rings. The Balaban J connectivity index is 4.13. The van der Waals surface area contributed by atoms with Crippen LogP contribution in [0.2, 0.25) is 0 Å². The number of hydrogen-bond acceptors (Lipinski definition) is 6. The lowest BCUT2D eigenvalue weighted by Crippen LogP contribution is -2.20. The van der Waals surface area contributed by atoms with Gasteiger partial charge in [0.05, 0.1) is 12.8 Å². The van der Waals surface area contributed by atoms with Crippen molar-refractivity contribution >= 4 is 23.5 Å². The molecule has 0 spiro atoms. The van der Waals surface area contributed by atoms with Gasteiger partial charge in [0.1, 0.15) is 11.6 Å².